The molecule has 2 nitrogen and oxygen atoms in total. The first-order chi connectivity index (χ1) is 9.56. The van der Waals surface area contributed by atoms with Crippen LogP contribution in [0.25, 0.3) is 0 Å². The first-order valence-electron chi connectivity index (χ1n) is 8.14. The molecule has 1 aliphatic heterocycles. The van der Waals surface area contributed by atoms with Gasteiger partial charge in [0.05, 0.1) is 0 Å². The maximum atomic E-state index is 3.75. The standard InChI is InChI=1S/C18H30N2/c1-6-13(3)18-12-20(16(7-2)11-19-18)17-9-8-14(4)15(5)10-17/h8-10,13,16,18-19H,6-7,11-12H2,1-5H3. The predicted octanol–water partition coefficient (Wildman–Crippen LogP) is 3.91. The van der Waals surface area contributed by atoms with Crippen LogP contribution in [0.2, 0.25) is 0 Å². The molecule has 0 aliphatic carbocycles. The van der Waals surface area contributed by atoms with E-state index in [1.807, 2.05) is 0 Å². The Morgan fingerprint density at radius 1 is 1.25 bits per heavy atom. The van der Waals surface area contributed by atoms with Gasteiger partial charge >= 0.3 is 0 Å². The summed E-state index contributed by atoms with van der Waals surface area (Å²) in [5.41, 5.74) is 4.18. The van der Waals surface area contributed by atoms with Crippen molar-refractivity contribution in [2.45, 2.75) is 59.5 Å². The lowest BCUT2D eigenvalue weighted by Gasteiger charge is -2.43. The summed E-state index contributed by atoms with van der Waals surface area (Å²) in [7, 11) is 0. The number of aryl methyl sites for hydroxylation is 2. The van der Waals surface area contributed by atoms with Crippen LogP contribution in [-0.4, -0.2) is 25.2 Å². The largest absolute Gasteiger partial charge is 0.366 e. The van der Waals surface area contributed by atoms with Crippen LogP contribution in [0.4, 0.5) is 5.69 Å². The summed E-state index contributed by atoms with van der Waals surface area (Å²) in [5.74, 6) is 0.738. The van der Waals surface area contributed by atoms with E-state index in [1.54, 1.807) is 0 Å². The highest BCUT2D eigenvalue weighted by atomic mass is 15.2. The summed E-state index contributed by atoms with van der Waals surface area (Å²) < 4.78 is 0. The lowest BCUT2D eigenvalue weighted by Crippen LogP contribution is -2.58. The van der Waals surface area contributed by atoms with Crippen LogP contribution in [0, 0.1) is 19.8 Å². The second kappa shape index (κ2) is 6.62. The van der Waals surface area contributed by atoms with Crippen molar-refractivity contribution in [2.75, 3.05) is 18.0 Å². The molecule has 112 valence electrons. The van der Waals surface area contributed by atoms with Gasteiger partial charge in [-0.2, -0.15) is 0 Å². The molecule has 20 heavy (non-hydrogen) atoms. The third kappa shape index (κ3) is 3.17. The normalized spacial score (nSPS) is 24.8. The van der Waals surface area contributed by atoms with Gasteiger partial charge in [-0.3, -0.25) is 0 Å². The van der Waals surface area contributed by atoms with Crippen LogP contribution >= 0.6 is 0 Å². The van der Waals surface area contributed by atoms with Crippen molar-refractivity contribution in [2.24, 2.45) is 5.92 Å². The number of benzene rings is 1. The van der Waals surface area contributed by atoms with E-state index in [2.05, 4.69) is 63.0 Å². The zero-order valence-electron chi connectivity index (χ0n) is 13.7. The SMILES string of the molecule is CCC(C)C1CN(c2ccc(C)c(C)c2)C(CC)CN1. The Bertz CT molecular complexity index is 441. The maximum Gasteiger partial charge on any atom is 0.0412 e. The van der Waals surface area contributed by atoms with E-state index in [9.17, 15) is 0 Å². The molecule has 0 saturated carbocycles. The third-order valence-corrected chi connectivity index (χ3v) is 5.07. The molecule has 1 fully saturated rings. The Morgan fingerprint density at radius 2 is 2.00 bits per heavy atom. The number of nitrogens with zero attached hydrogens (tertiary/aromatic N) is 1. The van der Waals surface area contributed by atoms with Crippen LogP contribution in [0.15, 0.2) is 18.2 Å². The summed E-state index contributed by atoms with van der Waals surface area (Å²) in [6, 6.07) is 8.15. The molecule has 0 aromatic heterocycles. The summed E-state index contributed by atoms with van der Waals surface area (Å²) in [4.78, 5) is 2.62. The third-order valence-electron chi connectivity index (χ3n) is 5.07. The highest BCUT2D eigenvalue weighted by molar-refractivity contribution is 5.52. The number of nitrogens with one attached hydrogen (secondary N) is 1. The minimum absolute atomic E-state index is 0.615. The zero-order chi connectivity index (χ0) is 14.7. The number of rotatable bonds is 4. The van der Waals surface area contributed by atoms with E-state index in [1.165, 1.54) is 29.7 Å². The van der Waals surface area contributed by atoms with E-state index in [-0.39, 0.29) is 0 Å². The minimum atomic E-state index is 0.615. The van der Waals surface area contributed by atoms with Crippen molar-refractivity contribution in [1.82, 2.24) is 5.32 Å². The molecule has 0 amide bonds. The molecule has 1 aromatic rings. The van der Waals surface area contributed by atoms with Crippen molar-refractivity contribution in [3.63, 3.8) is 0 Å². The van der Waals surface area contributed by atoms with Crippen LogP contribution in [0.1, 0.15) is 44.7 Å². The number of hydrogen-bond donors (Lipinski definition) is 1. The molecule has 2 heteroatoms. The van der Waals surface area contributed by atoms with Gasteiger partial charge in [0.25, 0.3) is 0 Å². The van der Waals surface area contributed by atoms with Gasteiger partial charge in [0.2, 0.25) is 0 Å². The summed E-state index contributed by atoms with van der Waals surface area (Å²) in [6.45, 7) is 13.6. The average molecular weight is 274 g/mol. The Morgan fingerprint density at radius 3 is 2.60 bits per heavy atom. The second-order valence-electron chi connectivity index (χ2n) is 6.38. The lowest BCUT2D eigenvalue weighted by atomic mass is 9.94. The summed E-state index contributed by atoms with van der Waals surface area (Å²) in [5, 5.41) is 3.75. The van der Waals surface area contributed by atoms with Crippen molar-refractivity contribution >= 4 is 5.69 Å². The molecule has 0 spiro atoms. The predicted molar refractivity (Wildman–Crippen MR) is 88.6 cm³/mol. The van der Waals surface area contributed by atoms with Crippen molar-refractivity contribution in [1.29, 1.82) is 0 Å². The molecular formula is C18H30N2. The van der Waals surface area contributed by atoms with E-state index in [0.29, 0.717) is 12.1 Å². The first-order valence-corrected chi connectivity index (χ1v) is 8.14. The van der Waals surface area contributed by atoms with Gasteiger partial charge in [0, 0.05) is 30.9 Å². The molecular weight excluding hydrogens is 244 g/mol. The van der Waals surface area contributed by atoms with Crippen LogP contribution in [0.3, 0.4) is 0 Å². The maximum absolute atomic E-state index is 3.75. The molecule has 0 radical (unpaired) electrons. The Hall–Kier alpha value is -1.02. The second-order valence-corrected chi connectivity index (χ2v) is 6.38. The molecule has 3 atom stereocenters. The van der Waals surface area contributed by atoms with Gasteiger partial charge in [0.1, 0.15) is 0 Å². The van der Waals surface area contributed by atoms with Crippen molar-refractivity contribution < 1.29 is 0 Å². The molecule has 1 heterocycles. The van der Waals surface area contributed by atoms with E-state index in [4.69, 9.17) is 0 Å². The molecule has 1 N–H and O–H groups in total. The minimum Gasteiger partial charge on any atom is -0.366 e. The van der Waals surface area contributed by atoms with Crippen molar-refractivity contribution in [3.05, 3.63) is 29.3 Å². The van der Waals surface area contributed by atoms with Gasteiger partial charge in [-0.15, -0.1) is 0 Å². The number of piperazine rings is 1. The van der Waals surface area contributed by atoms with Crippen LogP contribution < -0.4 is 10.2 Å². The van der Waals surface area contributed by atoms with Crippen LogP contribution in [0.5, 0.6) is 0 Å². The molecule has 0 bridgehead atoms. The van der Waals surface area contributed by atoms with Gasteiger partial charge < -0.3 is 10.2 Å². The Labute approximate surface area is 124 Å². The summed E-state index contributed by atoms with van der Waals surface area (Å²) in [6.07, 6.45) is 2.45. The molecule has 1 aromatic carbocycles. The highest BCUT2D eigenvalue weighted by Gasteiger charge is 2.29. The smallest absolute Gasteiger partial charge is 0.0412 e. The van der Waals surface area contributed by atoms with Crippen LogP contribution in [-0.2, 0) is 0 Å². The van der Waals surface area contributed by atoms with Gasteiger partial charge in [-0.1, -0.05) is 33.3 Å². The fraction of sp³-hybridized carbons (Fsp3) is 0.667. The average Bonchev–Trinajstić information content (AvgIpc) is 2.48. The topological polar surface area (TPSA) is 15.3 Å². The van der Waals surface area contributed by atoms with Gasteiger partial charge in [-0.25, -0.2) is 0 Å². The molecule has 1 saturated heterocycles. The Kier molecular flexibility index (Phi) is 5.09. The number of anilines is 1. The zero-order valence-corrected chi connectivity index (χ0v) is 13.7. The fourth-order valence-corrected chi connectivity index (χ4v) is 3.07. The van der Waals surface area contributed by atoms with E-state index >= 15 is 0 Å². The highest BCUT2D eigenvalue weighted by Crippen LogP contribution is 2.26. The number of hydrogen-bond acceptors (Lipinski definition) is 2. The van der Waals surface area contributed by atoms with Crippen molar-refractivity contribution in [3.8, 4) is 0 Å². The quantitative estimate of drug-likeness (QED) is 0.895. The van der Waals surface area contributed by atoms with Gasteiger partial charge in [0.15, 0.2) is 0 Å². The first kappa shape index (κ1) is 15.4. The van der Waals surface area contributed by atoms with E-state index in [0.717, 1.165) is 19.0 Å². The summed E-state index contributed by atoms with van der Waals surface area (Å²) >= 11 is 0. The molecule has 1 aliphatic rings. The van der Waals surface area contributed by atoms with E-state index < -0.39 is 0 Å². The Balaban J connectivity index is 2.22. The molecule has 3 unspecified atom stereocenters. The molecule has 2 rings (SSSR count). The lowest BCUT2D eigenvalue weighted by molar-refractivity contribution is 0.306. The monoisotopic (exact) mass is 274 g/mol. The fourth-order valence-electron chi connectivity index (χ4n) is 3.07. The van der Waals surface area contributed by atoms with Gasteiger partial charge in [-0.05, 0) is 49.4 Å².